The van der Waals surface area contributed by atoms with Gasteiger partial charge in [0.1, 0.15) is 5.75 Å². The summed E-state index contributed by atoms with van der Waals surface area (Å²) in [5.41, 5.74) is 1.65. The molecule has 0 spiro atoms. The van der Waals surface area contributed by atoms with Crippen LogP contribution < -0.4 is 9.47 Å². The SMILES string of the molecule is COc1ccc(CSCc2nc(-c3ccccc3OC)no2)cc1F. The average Bonchev–Trinajstić information content (AvgIpc) is 3.10. The zero-order valence-electron chi connectivity index (χ0n) is 13.9. The fraction of sp³-hybridized carbons (Fsp3) is 0.222. The molecule has 0 amide bonds. The first-order valence-electron chi connectivity index (χ1n) is 7.57. The van der Waals surface area contributed by atoms with Crippen molar-refractivity contribution in [3.8, 4) is 22.9 Å². The van der Waals surface area contributed by atoms with Gasteiger partial charge in [-0.25, -0.2) is 4.39 Å². The molecule has 0 bridgehead atoms. The maximum absolute atomic E-state index is 13.7. The number of methoxy groups -OCH3 is 2. The minimum atomic E-state index is -0.364. The Kier molecular flexibility index (Phi) is 5.55. The van der Waals surface area contributed by atoms with Crippen molar-refractivity contribution < 1.29 is 18.4 Å². The predicted octanol–water partition coefficient (Wildman–Crippen LogP) is 4.33. The minimum absolute atomic E-state index is 0.243. The summed E-state index contributed by atoms with van der Waals surface area (Å²) in [5, 5.41) is 4.00. The normalized spacial score (nSPS) is 10.7. The van der Waals surface area contributed by atoms with Crippen LogP contribution in [-0.2, 0) is 11.5 Å². The summed E-state index contributed by atoms with van der Waals surface area (Å²) < 4.78 is 29.2. The maximum atomic E-state index is 13.7. The maximum Gasteiger partial charge on any atom is 0.236 e. The molecule has 3 rings (SSSR count). The number of hydrogen-bond donors (Lipinski definition) is 0. The van der Waals surface area contributed by atoms with Crippen LogP contribution in [0.25, 0.3) is 11.4 Å². The van der Waals surface area contributed by atoms with Gasteiger partial charge in [-0.15, -0.1) is 11.8 Å². The highest BCUT2D eigenvalue weighted by atomic mass is 32.2. The molecule has 7 heteroatoms. The molecule has 0 N–H and O–H groups in total. The molecule has 0 atom stereocenters. The molecule has 25 heavy (non-hydrogen) atoms. The number of thioether (sulfide) groups is 1. The fourth-order valence-electron chi connectivity index (χ4n) is 2.31. The highest BCUT2D eigenvalue weighted by molar-refractivity contribution is 7.97. The van der Waals surface area contributed by atoms with Gasteiger partial charge in [-0.3, -0.25) is 0 Å². The number of nitrogens with zero attached hydrogens (tertiary/aromatic N) is 2. The zero-order chi connectivity index (χ0) is 17.6. The fourth-order valence-corrected chi connectivity index (χ4v) is 3.12. The molecule has 1 heterocycles. The molecular weight excluding hydrogens is 343 g/mol. The van der Waals surface area contributed by atoms with Gasteiger partial charge in [-0.2, -0.15) is 4.98 Å². The van der Waals surface area contributed by atoms with Crippen molar-refractivity contribution in [3.05, 3.63) is 59.7 Å². The van der Waals surface area contributed by atoms with Gasteiger partial charge in [0.2, 0.25) is 11.7 Å². The van der Waals surface area contributed by atoms with Gasteiger partial charge in [0, 0.05) is 5.75 Å². The van der Waals surface area contributed by atoms with Gasteiger partial charge >= 0.3 is 0 Å². The van der Waals surface area contributed by atoms with Gasteiger partial charge in [0.15, 0.2) is 11.6 Å². The number of aromatic nitrogens is 2. The number of hydrogen-bond acceptors (Lipinski definition) is 6. The lowest BCUT2D eigenvalue weighted by Crippen LogP contribution is -1.91. The lowest BCUT2D eigenvalue weighted by atomic mass is 10.2. The molecule has 0 radical (unpaired) electrons. The first-order valence-corrected chi connectivity index (χ1v) is 8.73. The topological polar surface area (TPSA) is 57.4 Å². The van der Waals surface area contributed by atoms with Gasteiger partial charge < -0.3 is 14.0 Å². The van der Waals surface area contributed by atoms with Crippen molar-refractivity contribution in [2.24, 2.45) is 0 Å². The Morgan fingerprint density at radius 1 is 1.04 bits per heavy atom. The third-order valence-electron chi connectivity index (χ3n) is 3.53. The molecule has 3 aromatic rings. The Bertz CT molecular complexity index is 854. The number of benzene rings is 2. The lowest BCUT2D eigenvalue weighted by Gasteiger charge is -2.04. The monoisotopic (exact) mass is 360 g/mol. The summed E-state index contributed by atoms with van der Waals surface area (Å²) in [4.78, 5) is 4.39. The van der Waals surface area contributed by atoms with Gasteiger partial charge in [0.05, 0.1) is 25.5 Å². The molecule has 1 aromatic heterocycles. The lowest BCUT2D eigenvalue weighted by molar-refractivity contribution is 0.386. The molecule has 0 fully saturated rings. The summed E-state index contributed by atoms with van der Waals surface area (Å²) in [6.07, 6.45) is 0. The average molecular weight is 360 g/mol. The van der Waals surface area contributed by atoms with Crippen LogP contribution in [0.1, 0.15) is 11.5 Å². The summed E-state index contributed by atoms with van der Waals surface area (Å²) in [5.74, 6) is 2.74. The molecule has 0 saturated heterocycles. The van der Waals surface area contributed by atoms with E-state index in [4.69, 9.17) is 14.0 Å². The Balaban J connectivity index is 1.61. The quantitative estimate of drug-likeness (QED) is 0.625. The van der Waals surface area contributed by atoms with Crippen molar-refractivity contribution in [1.29, 1.82) is 0 Å². The second kappa shape index (κ2) is 8.02. The van der Waals surface area contributed by atoms with E-state index in [2.05, 4.69) is 10.1 Å². The second-order valence-electron chi connectivity index (χ2n) is 5.17. The Hall–Kier alpha value is -2.54. The van der Waals surface area contributed by atoms with E-state index >= 15 is 0 Å². The van der Waals surface area contributed by atoms with E-state index in [1.165, 1.54) is 13.2 Å². The molecule has 0 saturated carbocycles. The molecule has 5 nitrogen and oxygen atoms in total. The summed E-state index contributed by atoms with van der Waals surface area (Å²) in [6.45, 7) is 0. The summed E-state index contributed by atoms with van der Waals surface area (Å²) in [7, 11) is 3.05. The predicted molar refractivity (Wildman–Crippen MR) is 94.2 cm³/mol. The Morgan fingerprint density at radius 3 is 2.60 bits per heavy atom. The summed E-state index contributed by atoms with van der Waals surface area (Å²) >= 11 is 1.57. The van der Waals surface area contributed by atoms with E-state index in [1.807, 2.05) is 30.3 Å². The van der Waals surface area contributed by atoms with E-state index in [1.54, 1.807) is 24.9 Å². The number of rotatable bonds is 7. The van der Waals surface area contributed by atoms with Crippen LogP contribution in [-0.4, -0.2) is 24.4 Å². The Labute approximate surface area is 149 Å². The van der Waals surface area contributed by atoms with E-state index in [0.29, 0.717) is 29.0 Å². The van der Waals surface area contributed by atoms with Crippen molar-refractivity contribution in [2.75, 3.05) is 14.2 Å². The standard InChI is InChI=1S/C18H17FN2O3S/c1-22-15-6-4-3-5-13(15)18-20-17(24-21-18)11-25-10-12-7-8-16(23-2)14(19)9-12/h3-9H,10-11H2,1-2H3. The summed E-state index contributed by atoms with van der Waals surface area (Å²) in [6, 6.07) is 12.4. The van der Waals surface area contributed by atoms with Crippen LogP contribution in [0.3, 0.4) is 0 Å². The molecular formula is C18H17FN2O3S. The van der Waals surface area contributed by atoms with E-state index in [9.17, 15) is 4.39 Å². The molecule has 0 aliphatic rings. The third kappa shape index (κ3) is 4.11. The minimum Gasteiger partial charge on any atom is -0.496 e. The van der Waals surface area contributed by atoms with E-state index in [0.717, 1.165) is 11.1 Å². The van der Waals surface area contributed by atoms with Crippen molar-refractivity contribution in [3.63, 3.8) is 0 Å². The first-order chi connectivity index (χ1) is 12.2. The third-order valence-corrected chi connectivity index (χ3v) is 4.51. The molecule has 0 aliphatic carbocycles. The van der Waals surface area contributed by atoms with Gasteiger partial charge in [-0.1, -0.05) is 23.4 Å². The zero-order valence-corrected chi connectivity index (χ0v) is 14.7. The number of ether oxygens (including phenoxy) is 2. The van der Waals surface area contributed by atoms with E-state index in [-0.39, 0.29) is 11.6 Å². The second-order valence-corrected chi connectivity index (χ2v) is 6.16. The van der Waals surface area contributed by atoms with Crippen LogP contribution in [0.2, 0.25) is 0 Å². The van der Waals surface area contributed by atoms with Crippen molar-refractivity contribution in [2.45, 2.75) is 11.5 Å². The van der Waals surface area contributed by atoms with Crippen LogP contribution in [0, 0.1) is 5.82 Å². The van der Waals surface area contributed by atoms with Gasteiger partial charge in [0.25, 0.3) is 0 Å². The smallest absolute Gasteiger partial charge is 0.236 e. The molecule has 0 unspecified atom stereocenters. The molecule has 0 aliphatic heterocycles. The Morgan fingerprint density at radius 2 is 1.84 bits per heavy atom. The highest BCUT2D eigenvalue weighted by Gasteiger charge is 2.13. The van der Waals surface area contributed by atoms with Crippen molar-refractivity contribution >= 4 is 11.8 Å². The number of para-hydroxylation sites is 1. The van der Waals surface area contributed by atoms with Crippen LogP contribution >= 0.6 is 11.8 Å². The molecule has 2 aromatic carbocycles. The molecule has 130 valence electrons. The van der Waals surface area contributed by atoms with Crippen LogP contribution in [0.5, 0.6) is 11.5 Å². The highest BCUT2D eigenvalue weighted by Crippen LogP contribution is 2.28. The number of halogens is 1. The largest absolute Gasteiger partial charge is 0.496 e. The van der Waals surface area contributed by atoms with Crippen LogP contribution in [0.4, 0.5) is 4.39 Å². The first kappa shape index (κ1) is 17.3. The van der Waals surface area contributed by atoms with Gasteiger partial charge in [-0.05, 0) is 29.8 Å². The van der Waals surface area contributed by atoms with E-state index < -0.39 is 0 Å². The van der Waals surface area contributed by atoms with Crippen LogP contribution in [0.15, 0.2) is 47.0 Å². The van der Waals surface area contributed by atoms with Crippen molar-refractivity contribution in [1.82, 2.24) is 10.1 Å².